The average molecular weight is 297 g/mol. The molecule has 0 saturated carbocycles. The molecule has 6 nitrogen and oxygen atoms in total. The van der Waals surface area contributed by atoms with Crippen molar-refractivity contribution < 1.29 is 4.79 Å². The highest BCUT2D eigenvalue weighted by Gasteiger charge is 2.25. The summed E-state index contributed by atoms with van der Waals surface area (Å²) in [6, 6.07) is 4.28. The number of likely N-dealkylation sites (tertiary alicyclic amines) is 1. The van der Waals surface area contributed by atoms with Gasteiger partial charge in [-0.3, -0.25) is 4.79 Å². The summed E-state index contributed by atoms with van der Waals surface area (Å²) >= 11 is 0. The van der Waals surface area contributed by atoms with Crippen molar-refractivity contribution in [3.05, 3.63) is 36.5 Å². The molecule has 0 radical (unpaired) electrons. The van der Waals surface area contributed by atoms with Gasteiger partial charge in [-0.15, -0.1) is 0 Å². The number of aryl methyl sites for hydroxylation is 1. The van der Waals surface area contributed by atoms with Crippen molar-refractivity contribution >= 4 is 5.91 Å². The molecule has 22 heavy (non-hydrogen) atoms. The first kappa shape index (κ1) is 14.6. The number of rotatable bonds is 4. The third kappa shape index (κ3) is 3.27. The second-order valence-electron chi connectivity index (χ2n) is 5.58. The molecule has 0 aliphatic carbocycles. The summed E-state index contributed by atoms with van der Waals surface area (Å²) in [6.45, 7) is 2.54. The van der Waals surface area contributed by atoms with Crippen molar-refractivity contribution in [1.29, 1.82) is 0 Å². The molecule has 3 heterocycles. The van der Waals surface area contributed by atoms with Crippen molar-refractivity contribution in [2.45, 2.75) is 38.6 Å². The monoisotopic (exact) mass is 297 g/mol. The number of hydrogen-bond donors (Lipinski definition) is 0. The molecule has 6 heteroatoms. The Morgan fingerprint density at radius 3 is 2.77 bits per heavy atom. The van der Waals surface area contributed by atoms with E-state index in [-0.39, 0.29) is 5.91 Å². The van der Waals surface area contributed by atoms with Crippen LogP contribution >= 0.6 is 0 Å². The molecule has 114 valence electrons. The van der Waals surface area contributed by atoms with Gasteiger partial charge in [0.25, 0.3) is 0 Å². The Labute approximate surface area is 129 Å². The highest BCUT2D eigenvalue weighted by Crippen LogP contribution is 2.21. The lowest BCUT2D eigenvalue weighted by Crippen LogP contribution is -2.33. The average Bonchev–Trinajstić information content (AvgIpc) is 3.03. The molecule has 1 aliphatic heterocycles. The number of amides is 1. The van der Waals surface area contributed by atoms with Gasteiger partial charge in [0.2, 0.25) is 5.91 Å². The molecule has 1 unspecified atom stereocenters. The van der Waals surface area contributed by atoms with E-state index in [4.69, 9.17) is 0 Å². The van der Waals surface area contributed by atoms with Gasteiger partial charge in [0, 0.05) is 37.5 Å². The Morgan fingerprint density at radius 2 is 2.09 bits per heavy atom. The Hall–Kier alpha value is -2.37. The first-order valence-corrected chi connectivity index (χ1v) is 7.59. The summed E-state index contributed by atoms with van der Waals surface area (Å²) in [5.74, 6) is 0.174. The molecule has 0 N–H and O–H groups in total. The Kier molecular flexibility index (Phi) is 4.37. The second kappa shape index (κ2) is 6.60. The van der Waals surface area contributed by atoms with Crippen LogP contribution in [0.1, 0.15) is 31.9 Å². The lowest BCUT2D eigenvalue weighted by Gasteiger charge is -2.22. The quantitative estimate of drug-likeness (QED) is 0.861. The van der Waals surface area contributed by atoms with Crippen LogP contribution in [0, 0.1) is 0 Å². The van der Waals surface area contributed by atoms with Gasteiger partial charge in [-0.2, -0.15) is 10.2 Å². The van der Waals surface area contributed by atoms with E-state index in [0.29, 0.717) is 6.04 Å². The third-order valence-electron chi connectivity index (χ3n) is 4.09. The Morgan fingerprint density at radius 1 is 1.27 bits per heavy atom. The fourth-order valence-corrected chi connectivity index (χ4v) is 2.94. The Balaban J connectivity index is 1.61. The first-order chi connectivity index (χ1) is 10.7. The molecule has 0 bridgehead atoms. The first-order valence-electron chi connectivity index (χ1n) is 7.59. The van der Waals surface area contributed by atoms with E-state index in [9.17, 15) is 4.79 Å². The summed E-state index contributed by atoms with van der Waals surface area (Å²) in [5, 5.41) is 8.51. The highest BCUT2D eigenvalue weighted by atomic mass is 16.2. The largest absolute Gasteiger partial charge is 0.340 e. The van der Waals surface area contributed by atoms with Gasteiger partial charge in [-0.25, -0.2) is 9.97 Å². The minimum absolute atomic E-state index is 0.174. The van der Waals surface area contributed by atoms with E-state index in [0.717, 1.165) is 49.2 Å². The SMILES string of the molecule is CC(=O)N1CCCC1CCc1ccc(-c2cncnc2)nn1. The van der Waals surface area contributed by atoms with Crippen LogP contribution in [0.5, 0.6) is 0 Å². The van der Waals surface area contributed by atoms with E-state index in [1.807, 2.05) is 17.0 Å². The van der Waals surface area contributed by atoms with Gasteiger partial charge in [0.05, 0.1) is 11.4 Å². The van der Waals surface area contributed by atoms with Gasteiger partial charge in [-0.05, 0) is 37.8 Å². The zero-order valence-corrected chi connectivity index (χ0v) is 12.6. The van der Waals surface area contributed by atoms with E-state index in [1.165, 1.54) is 6.33 Å². The van der Waals surface area contributed by atoms with E-state index in [2.05, 4.69) is 20.2 Å². The lowest BCUT2D eigenvalue weighted by atomic mass is 10.1. The van der Waals surface area contributed by atoms with Crippen molar-refractivity contribution in [3.8, 4) is 11.3 Å². The summed E-state index contributed by atoms with van der Waals surface area (Å²) in [7, 11) is 0. The van der Waals surface area contributed by atoms with Crippen LogP contribution in [-0.2, 0) is 11.2 Å². The predicted molar refractivity (Wildman–Crippen MR) is 81.8 cm³/mol. The molecule has 0 spiro atoms. The molecular weight excluding hydrogens is 278 g/mol. The molecule has 1 aliphatic rings. The smallest absolute Gasteiger partial charge is 0.219 e. The molecule has 1 amide bonds. The van der Waals surface area contributed by atoms with E-state index in [1.54, 1.807) is 19.3 Å². The van der Waals surface area contributed by atoms with Gasteiger partial charge in [0.15, 0.2) is 0 Å². The maximum absolute atomic E-state index is 11.6. The molecule has 2 aromatic heterocycles. The van der Waals surface area contributed by atoms with Crippen molar-refractivity contribution in [2.24, 2.45) is 0 Å². The van der Waals surface area contributed by atoms with Crippen LogP contribution in [0.3, 0.4) is 0 Å². The minimum Gasteiger partial charge on any atom is -0.340 e. The van der Waals surface area contributed by atoms with Gasteiger partial charge >= 0.3 is 0 Å². The van der Waals surface area contributed by atoms with Gasteiger partial charge in [0.1, 0.15) is 6.33 Å². The van der Waals surface area contributed by atoms with Crippen molar-refractivity contribution in [2.75, 3.05) is 6.54 Å². The normalized spacial score (nSPS) is 17.7. The molecule has 1 fully saturated rings. The second-order valence-corrected chi connectivity index (χ2v) is 5.58. The number of carbonyl (C=O) groups excluding carboxylic acids is 1. The summed E-state index contributed by atoms with van der Waals surface area (Å²) < 4.78 is 0. The molecule has 3 rings (SSSR count). The van der Waals surface area contributed by atoms with Crippen LogP contribution in [0.15, 0.2) is 30.9 Å². The topological polar surface area (TPSA) is 71.9 Å². The summed E-state index contributed by atoms with van der Waals surface area (Å²) in [5.41, 5.74) is 2.59. The minimum atomic E-state index is 0.174. The van der Waals surface area contributed by atoms with Crippen LogP contribution in [-0.4, -0.2) is 43.6 Å². The Bertz CT molecular complexity index is 629. The fraction of sp³-hybridized carbons (Fsp3) is 0.438. The fourth-order valence-electron chi connectivity index (χ4n) is 2.94. The van der Waals surface area contributed by atoms with Crippen LogP contribution in [0.4, 0.5) is 0 Å². The summed E-state index contributed by atoms with van der Waals surface area (Å²) in [4.78, 5) is 21.5. The van der Waals surface area contributed by atoms with Crippen LogP contribution in [0.2, 0.25) is 0 Å². The number of aromatic nitrogens is 4. The lowest BCUT2D eigenvalue weighted by molar-refractivity contribution is -0.129. The van der Waals surface area contributed by atoms with Crippen molar-refractivity contribution in [3.63, 3.8) is 0 Å². The van der Waals surface area contributed by atoms with Crippen LogP contribution < -0.4 is 0 Å². The highest BCUT2D eigenvalue weighted by molar-refractivity contribution is 5.73. The maximum Gasteiger partial charge on any atom is 0.219 e. The standard InChI is InChI=1S/C16H19N5O/c1-12(22)21-8-2-3-15(21)6-4-14-5-7-16(20-19-14)13-9-17-11-18-10-13/h5,7,9-11,15H,2-4,6,8H2,1H3. The zero-order valence-electron chi connectivity index (χ0n) is 12.6. The van der Waals surface area contributed by atoms with Gasteiger partial charge < -0.3 is 4.90 Å². The maximum atomic E-state index is 11.6. The van der Waals surface area contributed by atoms with Gasteiger partial charge in [-0.1, -0.05) is 0 Å². The molecule has 1 atom stereocenters. The van der Waals surface area contributed by atoms with Crippen LogP contribution in [0.25, 0.3) is 11.3 Å². The van der Waals surface area contributed by atoms with E-state index < -0.39 is 0 Å². The number of carbonyl (C=O) groups is 1. The molecule has 2 aromatic rings. The molecule has 1 saturated heterocycles. The predicted octanol–water partition coefficient (Wildman–Crippen LogP) is 1.88. The summed E-state index contributed by atoms with van der Waals surface area (Å²) in [6.07, 6.45) is 8.91. The number of nitrogens with zero attached hydrogens (tertiary/aromatic N) is 5. The van der Waals surface area contributed by atoms with Crippen molar-refractivity contribution in [1.82, 2.24) is 25.1 Å². The van der Waals surface area contributed by atoms with E-state index >= 15 is 0 Å². The number of hydrogen-bond acceptors (Lipinski definition) is 5. The molecular formula is C16H19N5O. The zero-order chi connectivity index (χ0) is 15.4. The third-order valence-corrected chi connectivity index (χ3v) is 4.09. The molecule has 0 aromatic carbocycles.